The highest BCUT2D eigenvalue weighted by Gasteiger charge is 2.39. The van der Waals surface area contributed by atoms with Crippen LogP contribution in [0.15, 0.2) is 16.6 Å². The highest BCUT2D eigenvalue weighted by molar-refractivity contribution is 9.10. The minimum Gasteiger partial charge on any atom is -0.385 e. The van der Waals surface area contributed by atoms with Crippen LogP contribution >= 0.6 is 15.9 Å². The molecular weight excluding hydrogens is 254 g/mol. The second-order valence-electron chi connectivity index (χ2n) is 3.61. The minimum absolute atomic E-state index is 0.0736. The number of halogens is 3. The molecule has 1 aliphatic carbocycles. The molecule has 1 saturated carbocycles. The first-order valence-electron chi connectivity index (χ1n) is 4.41. The van der Waals surface area contributed by atoms with Gasteiger partial charge < -0.3 is 5.11 Å². The van der Waals surface area contributed by atoms with E-state index in [1.165, 1.54) is 12.1 Å². The zero-order valence-corrected chi connectivity index (χ0v) is 8.94. The van der Waals surface area contributed by atoms with Crippen molar-refractivity contribution < 1.29 is 13.9 Å². The van der Waals surface area contributed by atoms with Crippen molar-refractivity contribution in [3.05, 3.63) is 33.8 Å². The molecule has 0 radical (unpaired) electrons. The summed E-state index contributed by atoms with van der Waals surface area (Å²) in [6.45, 7) is 0. The van der Waals surface area contributed by atoms with Crippen molar-refractivity contribution >= 4 is 15.9 Å². The molecule has 2 rings (SSSR count). The lowest BCUT2D eigenvalue weighted by Crippen LogP contribution is -2.34. The van der Waals surface area contributed by atoms with Gasteiger partial charge in [0.2, 0.25) is 0 Å². The molecule has 1 nitrogen and oxygen atoms in total. The predicted octanol–water partition coefficient (Wildman–Crippen LogP) is 3.10. The Morgan fingerprint density at radius 3 is 2.36 bits per heavy atom. The molecule has 1 fully saturated rings. The van der Waals surface area contributed by atoms with E-state index in [0.717, 1.165) is 6.42 Å². The normalized spacial score (nSPS) is 19.1. The van der Waals surface area contributed by atoms with Crippen molar-refractivity contribution in [1.82, 2.24) is 0 Å². The van der Waals surface area contributed by atoms with E-state index in [9.17, 15) is 13.9 Å². The zero-order chi connectivity index (χ0) is 10.3. The van der Waals surface area contributed by atoms with Gasteiger partial charge in [0.05, 0.1) is 10.1 Å². The summed E-state index contributed by atoms with van der Waals surface area (Å²) in [5.41, 5.74) is -1.07. The average Bonchev–Trinajstić information content (AvgIpc) is 2.11. The molecule has 76 valence electrons. The summed E-state index contributed by atoms with van der Waals surface area (Å²) < 4.78 is 26.6. The van der Waals surface area contributed by atoms with Gasteiger partial charge in [0.25, 0.3) is 0 Å². The summed E-state index contributed by atoms with van der Waals surface area (Å²) >= 11 is 2.89. The number of aliphatic hydroxyl groups is 1. The molecule has 1 aliphatic rings. The molecule has 0 saturated heterocycles. The van der Waals surface area contributed by atoms with Gasteiger partial charge in [0, 0.05) is 5.56 Å². The average molecular weight is 263 g/mol. The van der Waals surface area contributed by atoms with Gasteiger partial charge in [-0.2, -0.15) is 0 Å². The molecular formula is C10H9BrF2O. The van der Waals surface area contributed by atoms with E-state index in [-0.39, 0.29) is 10.0 Å². The van der Waals surface area contributed by atoms with Gasteiger partial charge in [-0.1, -0.05) is 6.07 Å². The van der Waals surface area contributed by atoms with E-state index in [1.807, 2.05) is 0 Å². The van der Waals surface area contributed by atoms with Crippen LogP contribution in [0, 0.1) is 11.6 Å². The smallest absolute Gasteiger partial charge is 0.173 e. The van der Waals surface area contributed by atoms with E-state index >= 15 is 0 Å². The van der Waals surface area contributed by atoms with Crippen LogP contribution in [0.4, 0.5) is 8.78 Å². The van der Waals surface area contributed by atoms with Crippen molar-refractivity contribution in [2.75, 3.05) is 0 Å². The van der Waals surface area contributed by atoms with Crippen LogP contribution in [0.5, 0.6) is 0 Å². The van der Waals surface area contributed by atoms with Crippen molar-refractivity contribution in [3.63, 3.8) is 0 Å². The third-order valence-corrected chi connectivity index (χ3v) is 3.33. The lowest BCUT2D eigenvalue weighted by Gasteiger charge is -2.37. The fourth-order valence-electron chi connectivity index (χ4n) is 1.67. The molecule has 0 atom stereocenters. The second-order valence-corrected chi connectivity index (χ2v) is 4.46. The lowest BCUT2D eigenvalue weighted by atomic mass is 9.75. The Bertz CT molecular complexity index is 375. The fourth-order valence-corrected chi connectivity index (χ4v) is 1.97. The topological polar surface area (TPSA) is 20.2 Å². The maximum atomic E-state index is 13.4. The van der Waals surface area contributed by atoms with Gasteiger partial charge >= 0.3 is 0 Å². The quantitative estimate of drug-likeness (QED) is 0.772. The van der Waals surface area contributed by atoms with Crippen LogP contribution in [0.3, 0.4) is 0 Å². The third-order valence-electron chi connectivity index (χ3n) is 2.72. The third kappa shape index (κ3) is 1.37. The summed E-state index contributed by atoms with van der Waals surface area (Å²) in [7, 11) is 0. The first-order chi connectivity index (χ1) is 6.54. The van der Waals surface area contributed by atoms with Crippen molar-refractivity contribution in [2.45, 2.75) is 24.9 Å². The SMILES string of the molecule is OC1(c2ccc(Br)c(F)c2F)CCC1. The van der Waals surface area contributed by atoms with E-state index in [4.69, 9.17) is 0 Å². The van der Waals surface area contributed by atoms with Crippen LogP contribution < -0.4 is 0 Å². The summed E-state index contributed by atoms with van der Waals surface area (Å²) in [6, 6.07) is 2.85. The minimum atomic E-state index is -1.15. The Kier molecular flexibility index (Phi) is 2.35. The highest BCUT2D eigenvalue weighted by Crippen LogP contribution is 2.43. The standard InChI is InChI=1S/C10H9BrF2O/c11-7-3-2-6(8(12)9(7)13)10(14)4-1-5-10/h2-3,14H,1,4-5H2. The first kappa shape index (κ1) is 10.1. The van der Waals surface area contributed by atoms with Crippen molar-refractivity contribution in [2.24, 2.45) is 0 Å². The fraction of sp³-hybridized carbons (Fsp3) is 0.400. The molecule has 0 aliphatic heterocycles. The summed E-state index contributed by atoms with van der Waals surface area (Å²) in [6.07, 6.45) is 1.86. The second kappa shape index (κ2) is 3.28. The summed E-state index contributed by atoms with van der Waals surface area (Å²) in [5, 5.41) is 9.86. The maximum Gasteiger partial charge on any atom is 0.173 e. The van der Waals surface area contributed by atoms with Crippen molar-refractivity contribution in [3.8, 4) is 0 Å². The molecule has 14 heavy (non-hydrogen) atoms. The van der Waals surface area contributed by atoms with Gasteiger partial charge in [-0.05, 0) is 41.3 Å². The first-order valence-corrected chi connectivity index (χ1v) is 5.20. The van der Waals surface area contributed by atoms with Crippen LogP contribution in [0.1, 0.15) is 24.8 Å². The number of benzene rings is 1. The molecule has 1 aromatic carbocycles. The largest absolute Gasteiger partial charge is 0.385 e. The lowest BCUT2D eigenvalue weighted by molar-refractivity contribution is -0.0421. The zero-order valence-electron chi connectivity index (χ0n) is 7.36. The predicted molar refractivity (Wildman–Crippen MR) is 51.8 cm³/mol. The highest BCUT2D eigenvalue weighted by atomic mass is 79.9. The molecule has 1 aromatic rings. The van der Waals surface area contributed by atoms with Gasteiger partial charge in [-0.3, -0.25) is 0 Å². The molecule has 0 aromatic heterocycles. The van der Waals surface area contributed by atoms with Gasteiger partial charge in [-0.25, -0.2) is 8.78 Å². The van der Waals surface area contributed by atoms with E-state index in [1.54, 1.807) is 0 Å². The van der Waals surface area contributed by atoms with Crippen LogP contribution in [-0.2, 0) is 5.60 Å². The number of hydrogen-bond acceptors (Lipinski definition) is 1. The monoisotopic (exact) mass is 262 g/mol. The molecule has 0 spiro atoms. The van der Waals surface area contributed by atoms with Crippen LogP contribution in [-0.4, -0.2) is 5.11 Å². The Hall–Kier alpha value is -0.480. The summed E-state index contributed by atoms with van der Waals surface area (Å²) in [5.74, 6) is -1.87. The molecule has 0 unspecified atom stereocenters. The van der Waals surface area contributed by atoms with E-state index in [2.05, 4.69) is 15.9 Å². The summed E-state index contributed by atoms with van der Waals surface area (Å²) in [4.78, 5) is 0. The van der Waals surface area contributed by atoms with E-state index in [0.29, 0.717) is 12.8 Å². The maximum absolute atomic E-state index is 13.4. The Morgan fingerprint density at radius 1 is 1.21 bits per heavy atom. The molecule has 4 heteroatoms. The van der Waals surface area contributed by atoms with Gasteiger partial charge in [-0.15, -0.1) is 0 Å². The van der Waals surface area contributed by atoms with Crippen molar-refractivity contribution in [1.29, 1.82) is 0 Å². The number of rotatable bonds is 1. The molecule has 0 heterocycles. The molecule has 1 N–H and O–H groups in total. The van der Waals surface area contributed by atoms with Gasteiger partial charge in [0.1, 0.15) is 0 Å². The van der Waals surface area contributed by atoms with Gasteiger partial charge in [0.15, 0.2) is 11.6 Å². The Balaban J connectivity index is 2.49. The molecule has 0 amide bonds. The van der Waals surface area contributed by atoms with E-state index < -0.39 is 17.2 Å². The van der Waals surface area contributed by atoms with Crippen LogP contribution in [0.25, 0.3) is 0 Å². The number of hydrogen-bond donors (Lipinski definition) is 1. The molecule has 0 bridgehead atoms. The Labute approximate surface area is 88.9 Å². The van der Waals surface area contributed by atoms with Crippen LogP contribution in [0.2, 0.25) is 0 Å². The Morgan fingerprint density at radius 2 is 1.86 bits per heavy atom.